The molecule has 5 rings (SSSR count). The second-order valence-electron chi connectivity index (χ2n) is 9.58. The van der Waals surface area contributed by atoms with Crippen LogP contribution in [0.4, 0.5) is 5.69 Å². The van der Waals surface area contributed by atoms with Crippen LogP contribution in [-0.4, -0.2) is 35.7 Å². The molecular formula is C25H25Cl2N3O3. The molecule has 0 saturated carbocycles. The molecule has 33 heavy (non-hydrogen) atoms. The van der Waals surface area contributed by atoms with Crippen molar-refractivity contribution in [2.24, 2.45) is 17.8 Å². The summed E-state index contributed by atoms with van der Waals surface area (Å²) in [5.41, 5.74) is 1.03. The number of para-hydroxylation sites is 1. The fraction of sp³-hybridized carbons (Fsp3) is 0.400. The number of carbonyl (C=O) groups excluding carboxylic acids is 3. The molecule has 3 aliphatic rings. The zero-order valence-corrected chi connectivity index (χ0v) is 20.2. The lowest BCUT2D eigenvalue weighted by atomic mass is 9.76. The van der Waals surface area contributed by atoms with Gasteiger partial charge in [0.05, 0.1) is 28.4 Å². The molecule has 2 aromatic carbocycles. The average molecular weight is 486 g/mol. The molecule has 2 fully saturated rings. The topological polar surface area (TPSA) is 69.7 Å². The van der Waals surface area contributed by atoms with Gasteiger partial charge in [0.1, 0.15) is 5.54 Å². The molecule has 3 heterocycles. The predicted molar refractivity (Wildman–Crippen MR) is 127 cm³/mol. The fourth-order valence-electron chi connectivity index (χ4n) is 5.78. The third-order valence-corrected chi connectivity index (χ3v) is 7.88. The first kappa shape index (κ1) is 22.4. The number of nitrogens with zero attached hydrogens (tertiary/aromatic N) is 2. The van der Waals surface area contributed by atoms with Crippen molar-refractivity contribution in [2.45, 2.75) is 38.4 Å². The lowest BCUT2D eigenvalue weighted by molar-refractivity contribution is -0.141. The lowest BCUT2D eigenvalue weighted by Crippen LogP contribution is -2.54. The zero-order valence-electron chi connectivity index (χ0n) is 18.6. The van der Waals surface area contributed by atoms with E-state index in [1.807, 2.05) is 30.3 Å². The van der Waals surface area contributed by atoms with Crippen molar-refractivity contribution >= 4 is 46.6 Å². The molecular weight excluding hydrogens is 461 g/mol. The second kappa shape index (κ2) is 7.83. The zero-order chi connectivity index (χ0) is 23.7. The number of fused-ring (bicyclic) bond motifs is 4. The first-order valence-electron chi connectivity index (χ1n) is 11.1. The summed E-state index contributed by atoms with van der Waals surface area (Å²) in [5.74, 6) is -1.77. The van der Waals surface area contributed by atoms with Crippen LogP contribution in [0.5, 0.6) is 0 Å². The SMILES string of the molecule is CC(C)C[C@H]1N[C@]2(C(=O)N(Cc3ccc(Cl)c(Cl)c3)c3ccccc32)[C@@H]2C(=O)N(C)C(=O)[C@H]21. The largest absolute Gasteiger partial charge is 0.306 e. The van der Waals surface area contributed by atoms with E-state index in [0.717, 1.165) is 16.8 Å². The van der Waals surface area contributed by atoms with Crippen molar-refractivity contribution in [3.63, 3.8) is 0 Å². The van der Waals surface area contributed by atoms with Gasteiger partial charge in [0, 0.05) is 24.3 Å². The van der Waals surface area contributed by atoms with E-state index in [-0.39, 0.29) is 30.3 Å². The Bertz CT molecular complexity index is 1180. The Kier molecular flexibility index (Phi) is 5.31. The third kappa shape index (κ3) is 3.15. The second-order valence-corrected chi connectivity index (χ2v) is 10.4. The van der Waals surface area contributed by atoms with Crippen LogP contribution in [0.1, 0.15) is 31.4 Å². The van der Waals surface area contributed by atoms with Gasteiger partial charge in [0.15, 0.2) is 0 Å². The maximum atomic E-state index is 14.2. The highest BCUT2D eigenvalue weighted by molar-refractivity contribution is 6.42. The number of hydrogen-bond donors (Lipinski definition) is 1. The van der Waals surface area contributed by atoms with Crippen molar-refractivity contribution in [3.05, 3.63) is 63.6 Å². The van der Waals surface area contributed by atoms with Crippen molar-refractivity contribution in [1.82, 2.24) is 10.2 Å². The Labute approximate surface area is 202 Å². The number of hydrogen-bond acceptors (Lipinski definition) is 4. The Morgan fingerprint density at radius 3 is 2.45 bits per heavy atom. The Balaban J connectivity index is 1.63. The molecule has 2 saturated heterocycles. The standard InChI is InChI=1S/C25H25Cl2N3O3/c1-13(2)10-18-20-21(23(32)29(3)22(20)31)25(28-18)15-6-4-5-7-19(15)30(24(25)33)12-14-8-9-16(26)17(27)11-14/h4-9,11,13,18,20-21,28H,10,12H2,1-3H3/t18-,20+,21+,25+/m1/s1. The number of nitrogens with one attached hydrogen (secondary N) is 1. The van der Waals surface area contributed by atoms with E-state index in [9.17, 15) is 14.4 Å². The first-order chi connectivity index (χ1) is 15.7. The van der Waals surface area contributed by atoms with Gasteiger partial charge >= 0.3 is 0 Å². The molecule has 1 spiro atoms. The number of carbonyl (C=O) groups is 3. The van der Waals surface area contributed by atoms with Gasteiger partial charge in [-0.25, -0.2) is 0 Å². The van der Waals surface area contributed by atoms with Gasteiger partial charge < -0.3 is 4.90 Å². The molecule has 0 bridgehead atoms. The minimum atomic E-state index is -1.27. The minimum Gasteiger partial charge on any atom is -0.306 e. The Morgan fingerprint density at radius 1 is 1.03 bits per heavy atom. The van der Waals surface area contributed by atoms with E-state index in [1.54, 1.807) is 17.0 Å². The highest BCUT2D eigenvalue weighted by Crippen LogP contribution is 2.55. The number of rotatable bonds is 4. The van der Waals surface area contributed by atoms with Crippen LogP contribution in [0, 0.1) is 17.8 Å². The highest BCUT2D eigenvalue weighted by atomic mass is 35.5. The summed E-state index contributed by atoms with van der Waals surface area (Å²) in [4.78, 5) is 43.5. The number of halogens is 2. The molecule has 8 heteroatoms. The highest BCUT2D eigenvalue weighted by Gasteiger charge is 2.71. The molecule has 3 aliphatic heterocycles. The molecule has 0 unspecified atom stereocenters. The van der Waals surface area contributed by atoms with Gasteiger partial charge in [-0.05, 0) is 36.1 Å². The van der Waals surface area contributed by atoms with Crippen LogP contribution < -0.4 is 10.2 Å². The molecule has 0 aromatic heterocycles. The van der Waals surface area contributed by atoms with Gasteiger partial charge in [-0.3, -0.25) is 24.6 Å². The Morgan fingerprint density at radius 2 is 1.76 bits per heavy atom. The summed E-state index contributed by atoms with van der Waals surface area (Å²) in [6, 6.07) is 12.5. The predicted octanol–water partition coefficient (Wildman–Crippen LogP) is 3.98. The normalized spacial score (nSPS) is 28.4. The molecule has 0 radical (unpaired) electrons. The van der Waals surface area contributed by atoms with E-state index in [2.05, 4.69) is 19.2 Å². The third-order valence-electron chi connectivity index (χ3n) is 7.14. The number of imide groups is 1. The molecule has 0 aliphatic carbocycles. The number of amides is 3. The summed E-state index contributed by atoms with van der Waals surface area (Å²) in [5, 5.41) is 4.38. The van der Waals surface area contributed by atoms with Gasteiger partial charge in [-0.1, -0.05) is 61.3 Å². The van der Waals surface area contributed by atoms with E-state index < -0.39 is 17.4 Å². The first-order valence-corrected chi connectivity index (χ1v) is 11.9. The maximum absolute atomic E-state index is 14.2. The molecule has 3 amide bonds. The van der Waals surface area contributed by atoms with Gasteiger partial charge in [0.2, 0.25) is 11.8 Å². The lowest BCUT2D eigenvalue weighted by Gasteiger charge is -2.30. The minimum absolute atomic E-state index is 0.215. The van der Waals surface area contributed by atoms with Crippen molar-refractivity contribution in [2.75, 3.05) is 11.9 Å². The summed E-state index contributed by atoms with van der Waals surface area (Å²) in [7, 11) is 1.52. The monoisotopic (exact) mass is 485 g/mol. The number of benzene rings is 2. The molecule has 172 valence electrons. The van der Waals surface area contributed by atoms with Crippen molar-refractivity contribution < 1.29 is 14.4 Å². The molecule has 6 nitrogen and oxygen atoms in total. The van der Waals surface area contributed by atoms with E-state index in [1.165, 1.54) is 11.9 Å². The number of anilines is 1. The van der Waals surface area contributed by atoms with Crippen LogP contribution >= 0.6 is 23.2 Å². The van der Waals surface area contributed by atoms with Crippen LogP contribution in [0.15, 0.2) is 42.5 Å². The van der Waals surface area contributed by atoms with E-state index in [0.29, 0.717) is 22.4 Å². The quantitative estimate of drug-likeness (QED) is 0.664. The van der Waals surface area contributed by atoms with Crippen LogP contribution in [0.3, 0.4) is 0 Å². The van der Waals surface area contributed by atoms with Gasteiger partial charge in [-0.15, -0.1) is 0 Å². The van der Waals surface area contributed by atoms with E-state index >= 15 is 0 Å². The molecule has 4 atom stereocenters. The van der Waals surface area contributed by atoms with Crippen LogP contribution in [-0.2, 0) is 26.5 Å². The van der Waals surface area contributed by atoms with Crippen molar-refractivity contribution in [1.29, 1.82) is 0 Å². The summed E-state index contributed by atoms with van der Waals surface area (Å²) < 4.78 is 0. The summed E-state index contributed by atoms with van der Waals surface area (Å²) in [6.45, 7) is 4.43. The van der Waals surface area contributed by atoms with Crippen LogP contribution in [0.2, 0.25) is 10.0 Å². The van der Waals surface area contributed by atoms with Gasteiger partial charge in [0.25, 0.3) is 5.91 Å². The maximum Gasteiger partial charge on any atom is 0.253 e. The summed E-state index contributed by atoms with van der Waals surface area (Å²) in [6.07, 6.45) is 0.692. The van der Waals surface area contributed by atoms with Gasteiger partial charge in [-0.2, -0.15) is 0 Å². The average Bonchev–Trinajstić information content (AvgIpc) is 3.31. The summed E-state index contributed by atoms with van der Waals surface area (Å²) >= 11 is 12.3. The molecule has 2 aromatic rings. The fourth-order valence-corrected chi connectivity index (χ4v) is 6.10. The smallest absolute Gasteiger partial charge is 0.253 e. The number of likely N-dealkylation sites (tertiary alicyclic amines) is 1. The molecule has 1 N–H and O–H groups in total. The Hall–Kier alpha value is -2.41. The van der Waals surface area contributed by atoms with Crippen LogP contribution in [0.25, 0.3) is 0 Å². The van der Waals surface area contributed by atoms with Crippen molar-refractivity contribution in [3.8, 4) is 0 Å². The van der Waals surface area contributed by atoms with E-state index in [4.69, 9.17) is 23.2 Å².